The molecule has 330 valence electrons. The average molecular weight is 821 g/mol. The fraction of sp³-hybridized carbons (Fsp3) is 0.750. The summed E-state index contributed by atoms with van der Waals surface area (Å²) >= 11 is 0. The first kappa shape index (κ1) is 54.8. The molecule has 0 heterocycles. The maximum Gasteiger partial charge on any atom is 0.472 e. The number of hydrogen-bond donors (Lipinski definition) is 1. The summed E-state index contributed by atoms with van der Waals surface area (Å²) in [6.07, 6.45) is 52.8. The molecule has 0 bridgehead atoms. The molecule has 0 aliphatic heterocycles. The first-order chi connectivity index (χ1) is 27.8. The first-order valence-corrected chi connectivity index (χ1v) is 24.6. The van der Waals surface area contributed by atoms with Crippen LogP contribution in [0, 0.1) is 0 Å². The fourth-order valence-electron chi connectivity index (χ4n) is 6.24. The van der Waals surface area contributed by atoms with Crippen molar-refractivity contribution in [2.24, 2.45) is 0 Å². The maximum atomic E-state index is 12.6. The van der Waals surface area contributed by atoms with Gasteiger partial charge in [-0.25, -0.2) is 4.57 Å². The fourth-order valence-corrected chi connectivity index (χ4v) is 7.00. The Morgan fingerprint density at radius 3 is 1.35 bits per heavy atom. The Morgan fingerprint density at radius 2 is 0.895 bits per heavy atom. The summed E-state index contributed by atoms with van der Waals surface area (Å²) in [6, 6.07) is 0. The third-order valence-electron chi connectivity index (χ3n) is 9.59. The Bertz CT molecular complexity index is 1110. The maximum absolute atomic E-state index is 12.6. The standard InChI is InChI=1S/C48H85O8P/c1-4-7-9-11-13-15-17-19-21-23-25-27-29-31-33-35-37-39-41-43-48(50)56-46(45-55-57(51,52)54-6-3)44-53-47(49)42-40-38-36-34-32-30-28-26-24-22-20-18-16-14-12-10-8-5-2/h7,9,13,15,19,21,25,27,31,33,46H,4-6,8,10-12,14,16-18,20,22-24,26,28-30,32,34-45H2,1-3H3,(H,51,52)/b9-7-,15-13-,21-19-,27-25-,33-31-. The molecule has 0 spiro atoms. The molecule has 0 radical (unpaired) electrons. The van der Waals surface area contributed by atoms with Gasteiger partial charge in [0.05, 0.1) is 13.2 Å². The van der Waals surface area contributed by atoms with Crippen LogP contribution in [0.3, 0.4) is 0 Å². The zero-order chi connectivity index (χ0) is 41.8. The highest BCUT2D eigenvalue weighted by molar-refractivity contribution is 7.47. The second kappa shape index (κ2) is 43.3. The predicted molar refractivity (Wildman–Crippen MR) is 239 cm³/mol. The molecule has 0 rings (SSSR count). The van der Waals surface area contributed by atoms with Gasteiger partial charge in [0.1, 0.15) is 6.61 Å². The summed E-state index contributed by atoms with van der Waals surface area (Å²) in [7, 11) is -4.29. The molecule has 2 atom stereocenters. The summed E-state index contributed by atoms with van der Waals surface area (Å²) in [5.74, 6) is -0.832. The van der Waals surface area contributed by atoms with Gasteiger partial charge in [0.15, 0.2) is 6.10 Å². The van der Waals surface area contributed by atoms with E-state index >= 15 is 0 Å². The van der Waals surface area contributed by atoms with Crippen molar-refractivity contribution in [2.75, 3.05) is 19.8 Å². The van der Waals surface area contributed by atoms with Crippen LogP contribution >= 0.6 is 7.82 Å². The Balaban J connectivity index is 4.10. The monoisotopic (exact) mass is 821 g/mol. The molecule has 0 saturated heterocycles. The number of carbonyl (C=O) groups is 2. The number of phosphoric acid groups is 1. The number of hydrogen-bond acceptors (Lipinski definition) is 7. The van der Waals surface area contributed by atoms with Crippen molar-refractivity contribution in [3.8, 4) is 0 Å². The van der Waals surface area contributed by atoms with Crippen LogP contribution in [0.5, 0.6) is 0 Å². The van der Waals surface area contributed by atoms with Crippen molar-refractivity contribution < 1.29 is 37.6 Å². The third-order valence-corrected chi connectivity index (χ3v) is 10.6. The van der Waals surface area contributed by atoms with E-state index in [2.05, 4.69) is 74.6 Å². The van der Waals surface area contributed by atoms with Gasteiger partial charge in [0.2, 0.25) is 0 Å². The van der Waals surface area contributed by atoms with Gasteiger partial charge in [0.25, 0.3) is 0 Å². The van der Waals surface area contributed by atoms with Gasteiger partial charge < -0.3 is 14.4 Å². The quantitative estimate of drug-likeness (QED) is 0.0281. The van der Waals surface area contributed by atoms with Crippen LogP contribution in [0.2, 0.25) is 0 Å². The summed E-state index contributed by atoms with van der Waals surface area (Å²) in [6.45, 7) is 5.34. The minimum Gasteiger partial charge on any atom is -0.462 e. The molecule has 9 heteroatoms. The molecule has 0 amide bonds. The van der Waals surface area contributed by atoms with Gasteiger partial charge in [-0.1, -0.05) is 190 Å². The van der Waals surface area contributed by atoms with Gasteiger partial charge in [-0.05, 0) is 64.7 Å². The van der Waals surface area contributed by atoms with Gasteiger partial charge in [-0.2, -0.15) is 0 Å². The highest BCUT2D eigenvalue weighted by atomic mass is 31.2. The number of allylic oxidation sites excluding steroid dienone is 10. The molecule has 1 N–H and O–H groups in total. The van der Waals surface area contributed by atoms with E-state index in [4.69, 9.17) is 18.5 Å². The van der Waals surface area contributed by atoms with E-state index in [-0.39, 0.29) is 32.0 Å². The Morgan fingerprint density at radius 1 is 0.491 bits per heavy atom. The second-order valence-corrected chi connectivity index (χ2v) is 16.5. The first-order valence-electron chi connectivity index (χ1n) is 23.1. The highest BCUT2D eigenvalue weighted by Gasteiger charge is 2.25. The van der Waals surface area contributed by atoms with Gasteiger partial charge in [0, 0.05) is 12.8 Å². The van der Waals surface area contributed by atoms with Crippen molar-refractivity contribution in [3.63, 3.8) is 0 Å². The molecule has 0 aliphatic carbocycles. The smallest absolute Gasteiger partial charge is 0.462 e. The predicted octanol–water partition coefficient (Wildman–Crippen LogP) is 14.7. The number of carbonyl (C=O) groups excluding carboxylic acids is 2. The molecule has 57 heavy (non-hydrogen) atoms. The number of rotatable bonds is 42. The third kappa shape index (κ3) is 43.2. The van der Waals surface area contributed by atoms with Crippen molar-refractivity contribution in [3.05, 3.63) is 60.8 Å². The topological polar surface area (TPSA) is 108 Å². The lowest BCUT2D eigenvalue weighted by Crippen LogP contribution is -2.29. The van der Waals surface area contributed by atoms with Crippen LogP contribution in [0.25, 0.3) is 0 Å². The number of esters is 2. The number of phosphoric ester groups is 1. The summed E-state index contributed by atoms with van der Waals surface area (Å²) in [4.78, 5) is 34.8. The molecule has 0 fully saturated rings. The highest BCUT2D eigenvalue weighted by Crippen LogP contribution is 2.43. The minimum atomic E-state index is -4.29. The van der Waals surface area contributed by atoms with Gasteiger partial charge in [-0.15, -0.1) is 0 Å². The summed E-state index contributed by atoms with van der Waals surface area (Å²) in [5.41, 5.74) is 0. The van der Waals surface area contributed by atoms with Crippen molar-refractivity contribution >= 4 is 19.8 Å². The molecule has 0 aliphatic rings. The van der Waals surface area contributed by atoms with E-state index in [0.717, 1.165) is 70.6 Å². The molecule has 8 nitrogen and oxygen atoms in total. The van der Waals surface area contributed by atoms with Crippen LogP contribution in [-0.4, -0.2) is 42.8 Å². The van der Waals surface area contributed by atoms with E-state index < -0.39 is 26.5 Å². The lowest BCUT2D eigenvalue weighted by Gasteiger charge is -2.19. The van der Waals surface area contributed by atoms with Crippen LogP contribution in [0.1, 0.15) is 207 Å². The molecule has 0 aromatic heterocycles. The molecular formula is C48H85O8P. The SMILES string of the molecule is CC/C=C\C/C=C\C/C=C\C/C=C\C/C=C\CCCCCC(=O)OC(COC(=O)CCCCCCCCCCCCCCCCCCCC)COP(=O)(O)OCC. The van der Waals surface area contributed by atoms with Crippen molar-refractivity contribution in [1.82, 2.24) is 0 Å². The zero-order valence-electron chi connectivity index (χ0n) is 36.7. The lowest BCUT2D eigenvalue weighted by atomic mass is 10.0. The second-order valence-electron chi connectivity index (χ2n) is 15.0. The van der Waals surface area contributed by atoms with E-state index in [1.807, 2.05) is 0 Å². The van der Waals surface area contributed by atoms with Gasteiger partial charge >= 0.3 is 19.8 Å². The molecule has 0 saturated carbocycles. The molecular weight excluding hydrogens is 735 g/mol. The number of ether oxygens (including phenoxy) is 2. The van der Waals surface area contributed by atoms with Crippen LogP contribution < -0.4 is 0 Å². The van der Waals surface area contributed by atoms with E-state index in [0.29, 0.717) is 6.42 Å². The van der Waals surface area contributed by atoms with E-state index in [1.165, 1.54) is 96.3 Å². The number of unbranched alkanes of at least 4 members (excludes halogenated alkanes) is 20. The molecule has 0 aromatic rings. The van der Waals surface area contributed by atoms with Crippen LogP contribution in [0.15, 0.2) is 60.8 Å². The van der Waals surface area contributed by atoms with E-state index in [1.54, 1.807) is 6.92 Å². The van der Waals surface area contributed by atoms with Crippen LogP contribution in [0.4, 0.5) is 0 Å². The Kier molecular flexibility index (Phi) is 41.6. The average Bonchev–Trinajstić information content (AvgIpc) is 3.19. The minimum absolute atomic E-state index is 0.00770. The largest absolute Gasteiger partial charge is 0.472 e. The molecule has 2 unspecified atom stereocenters. The zero-order valence-corrected chi connectivity index (χ0v) is 37.6. The van der Waals surface area contributed by atoms with Crippen molar-refractivity contribution in [2.45, 2.75) is 213 Å². The summed E-state index contributed by atoms with van der Waals surface area (Å²) in [5, 5.41) is 0. The molecule has 0 aromatic carbocycles. The van der Waals surface area contributed by atoms with E-state index in [9.17, 15) is 19.0 Å². The Labute approximate surface area is 350 Å². The van der Waals surface area contributed by atoms with Crippen LogP contribution in [-0.2, 0) is 32.7 Å². The normalized spacial score (nSPS) is 13.8. The van der Waals surface area contributed by atoms with Crippen molar-refractivity contribution in [1.29, 1.82) is 0 Å². The Hall–Kier alpha value is -2.25. The van der Waals surface area contributed by atoms with Gasteiger partial charge in [-0.3, -0.25) is 18.6 Å². The lowest BCUT2D eigenvalue weighted by molar-refractivity contribution is -0.161. The summed E-state index contributed by atoms with van der Waals surface area (Å²) < 4.78 is 32.7.